The SMILES string of the molecule is CCOc1c(Br)cc(C(=O)Nc2cc(C)nn2-c2ccc([N+](=O)[O-])cc2)cc1OC. The molecule has 156 valence electrons. The van der Waals surface area contributed by atoms with Crippen LogP contribution in [-0.2, 0) is 0 Å². The minimum atomic E-state index is -0.474. The number of hydrogen-bond acceptors (Lipinski definition) is 6. The van der Waals surface area contributed by atoms with Crippen LogP contribution in [0.2, 0.25) is 0 Å². The van der Waals surface area contributed by atoms with Gasteiger partial charge in [-0.25, -0.2) is 4.68 Å². The first-order valence-corrected chi connectivity index (χ1v) is 9.76. The molecule has 0 saturated carbocycles. The molecule has 0 aliphatic carbocycles. The summed E-state index contributed by atoms with van der Waals surface area (Å²) in [6.45, 7) is 4.09. The topological polar surface area (TPSA) is 109 Å². The van der Waals surface area contributed by atoms with Gasteiger partial charge in [-0.05, 0) is 54.0 Å². The van der Waals surface area contributed by atoms with Crippen LogP contribution >= 0.6 is 15.9 Å². The first-order valence-electron chi connectivity index (χ1n) is 8.97. The molecule has 0 aliphatic rings. The molecule has 10 heteroatoms. The van der Waals surface area contributed by atoms with Gasteiger partial charge in [-0.15, -0.1) is 0 Å². The van der Waals surface area contributed by atoms with Gasteiger partial charge in [-0.2, -0.15) is 5.10 Å². The monoisotopic (exact) mass is 474 g/mol. The highest BCUT2D eigenvalue weighted by atomic mass is 79.9. The number of rotatable bonds is 7. The number of nitrogens with zero attached hydrogens (tertiary/aromatic N) is 3. The summed E-state index contributed by atoms with van der Waals surface area (Å²) < 4.78 is 13.0. The van der Waals surface area contributed by atoms with Crippen molar-refractivity contribution in [2.45, 2.75) is 13.8 Å². The largest absolute Gasteiger partial charge is 0.493 e. The summed E-state index contributed by atoms with van der Waals surface area (Å²) >= 11 is 3.41. The van der Waals surface area contributed by atoms with Gasteiger partial charge in [-0.1, -0.05) is 0 Å². The average molecular weight is 475 g/mol. The molecule has 1 N–H and O–H groups in total. The number of carbonyl (C=O) groups excluding carboxylic acids is 1. The van der Waals surface area contributed by atoms with Crippen molar-refractivity contribution >= 4 is 33.3 Å². The summed E-state index contributed by atoms with van der Waals surface area (Å²) in [5, 5.41) is 18.1. The van der Waals surface area contributed by atoms with Crippen LogP contribution in [0.25, 0.3) is 5.69 Å². The Kier molecular flexibility index (Phi) is 6.36. The molecule has 0 unspecified atom stereocenters. The number of anilines is 1. The third-order valence-electron chi connectivity index (χ3n) is 4.16. The molecule has 0 atom stereocenters. The molecular formula is C20H19BrN4O5. The number of aromatic nitrogens is 2. The number of halogens is 1. The number of nitro benzene ring substituents is 1. The van der Waals surface area contributed by atoms with E-state index in [1.54, 1.807) is 37.3 Å². The fourth-order valence-corrected chi connectivity index (χ4v) is 3.38. The Hall–Kier alpha value is -3.40. The Labute approximate surface area is 180 Å². The van der Waals surface area contributed by atoms with E-state index >= 15 is 0 Å². The molecule has 0 spiro atoms. The zero-order valence-corrected chi connectivity index (χ0v) is 18.1. The second-order valence-electron chi connectivity index (χ2n) is 6.23. The zero-order valence-electron chi connectivity index (χ0n) is 16.5. The van der Waals surface area contributed by atoms with Crippen LogP contribution in [0.1, 0.15) is 23.0 Å². The summed E-state index contributed by atoms with van der Waals surface area (Å²) in [7, 11) is 1.50. The lowest BCUT2D eigenvalue weighted by Crippen LogP contribution is -2.15. The van der Waals surface area contributed by atoms with Gasteiger partial charge in [-0.3, -0.25) is 14.9 Å². The molecule has 0 radical (unpaired) electrons. The van der Waals surface area contributed by atoms with Crippen LogP contribution in [-0.4, -0.2) is 34.3 Å². The standard InChI is InChI=1S/C20H19BrN4O5/c1-4-30-19-16(21)10-13(11-17(19)29-3)20(26)22-18-9-12(2)23-24(18)14-5-7-15(8-6-14)25(27)28/h5-11H,4H2,1-3H3,(H,22,26). The van der Waals surface area contributed by atoms with E-state index in [2.05, 4.69) is 26.3 Å². The second kappa shape index (κ2) is 8.95. The molecule has 2 aromatic carbocycles. The number of carbonyl (C=O) groups is 1. The van der Waals surface area contributed by atoms with Gasteiger partial charge < -0.3 is 14.8 Å². The lowest BCUT2D eigenvalue weighted by molar-refractivity contribution is -0.384. The van der Waals surface area contributed by atoms with E-state index in [9.17, 15) is 14.9 Å². The van der Waals surface area contributed by atoms with Crippen LogP contribution in [0, 0.1) is 17.0 Å². The van der Waals surface area contributed by atoms with Gasteiger partial charge in [0, 0.05) is 23.8 Å². The number of amides is 1. The normalized spacial score (nSPS) is 10.5. The lowest BCUT2D eigenvalue weighted by Gasteiger charge is -2.14. The highest BCUT2D eigenvalue weighted by molar-refractivity contribution is 9.10. The molecule has 1 heterocycles. The zero-order chi connectivity index (χ0) is 21.8. The maximum atomic E-state index is 12.9. The Bertz CT molecular complexity index is 1100. The number of benzene rings is 2. The summed E-state index contributed by atoms with van der Waals surface area (Å²) in [6, 6.07) is 10.8. The van der Waals surface area contributed by atoms with Gasteiger partial charge in [0.25, 0.3) is 11.6 Å². The van der Waals surface area contributed by atoms with Crippen molar-refractivity contribution < 1.29 is 19.2 Å². The van der Waals surface area contributed by atoms with Gasteiger partial charge in [0.05, 0.1) is 34.5 Å². The Morgan fingerprint density at radius 3 is 2.57 bits per heavy atom. The fraction of sp³-hybridized carbons (Fsp3) is 0.200. The predicted molar refractivity (Wildman–Crippen MR) is 115 cm³/mol. The van der Waals surface area contributed by atoms with E-state index in [0.717, 1.165) is 0 Å². The Balaban J connectivity index is 1.91. The molecular weight excluding hydrogens is 456 g/mol. The van der Waals surface area contributed by atoms with Crippen LogP contribution < -0.4 is 14.8 Å². The van der Waals surface area contributed by atoms with Gasteiger partial charge in [0.1, 0.15) is 5.82 Å². The molecule has 0 aliphatic heterocycles. The Morgan fingerprint density at radius 1 is 1.27 bits per heavy atom. The summed E-state index contributed by atoms with van der Waals surface area (Å²) in [6.07, 6.45) is 0. The highest BCUT2D eigenvalue weighted by Crippen LogP contribution is 2.37. The van der Waals surface area contributed by atoms with E-state index in [1.807, 2.05) is 6.92 Å². The molecule has 9 nitrogen and oxygen atoms in total. The summed E-state index contributed by atoms with van der Waals surface area (Å²) in [5.74, 6) is 0.996. The van der Waals surface area contributed by atoms with E-state index in [0.29, 0.717) is 45.3 Å². The highest BCUT2D eigenvalue weighted by Gasteiger charge is 2.18. The van der Waals surface area contributed by atoms with Crippen molar-refractivity contribution in [3.05, 3.63) is 68.3 Å². The third-order valence-corrected chi connectivity index (χ3v) is 4.75. The predicted octanol–water partition coefficient (Wildman–Crippen LogP) is 4.51. The fourth-order valence-electron chi connectivity index (χ4n) is 2.82. The number of methoxy groups -OCH3 is 1. The summed E-state index contributed by atoms with van der Waals surface area (Å²) in [5.41, 5.74) is 1.58. The molecule has 3 rings (SSSR count). The first kappa shape index (κ1) is 21.3. The van der Waals surface area contributed by atoms with Crippen molar-refractivity contribution in [3.8, 4) is 17.2 Å². The minimum absolute atomic E-state index is 0.0282. The van der Waals surface area contributed by atoms with Crippen molar-refractivity contribution in [1.82, 2.24) is 9.78 Å². The average Bonchev–Trinajstić information content (AvgIpc) is 3.09. The molecule has 1 amide bonds. The van der Waals surface area contributed by atoms with E-state index in [-0.39, 0.29) is 11.6 Å². The molecule has 3 aromatic rings. The van der Waals surface area contributed by atoms with Crippen LogP contribution in [0.15, 0.2) is 46.9 Å². The molecule has 30 heavy (non-hydrogen) atoms. The lowest BCUT2D eigenvalue weighted by atomic mass is 10.2. The molecule has 1 aromatic heterocycles. The van der Waals surface area contributed by atoms with E-state index in [1.165, 1.54) is 23.9 Å². The number of non-ortho nitro benzene ring substituents is 1. The third kappa shape index (κ3) is 4.43. The first-order chi connectivity index (χ1) is 14.3. The molecule has 0 saturated heterocycles. The summed E-state index contributed by atoms with van der Waals surface area (Å²) in [4.78, 5) is 23.3. The van der Waals surface area contributed by atoms with Crippen LogP contribution in [0.5, 0.6) is 11.5 Å². The molecule has 0 bridgehead atoms. The number of nitro groups is 1. The van der Waals surface area contributed by atoms with Gasteiger partial charge in [0.15, 0.2) is 11.5 Å². The number of hydrogen-bond donors (Lipinski definition) is 1. The number of ether oxygens (including phenoxy) is 2. The number of nitrogens with one attached hydrogen (secondary N) is 1. The molecule has 0 fully saturated rings. The van der Waals surface area contributed by atoms with Crippen molar-refractivity contribution in [3.63, 3.8) is 0 Å². The maximum Gasteiger partial charge on any atom is 0.269 e. The Morgan fingerprint density at radius 2 is 1.97 bits per heavy atom. The maximum absolute atomic E-state index is 12.9. The van der Waals surface area contributed by atoms with E-state index < -0.39 is 4.92 Å². The second-order valence-corrected chi connectivity index (χ2v) is 7.09. The van der Waals surface area contributed by atoms with Crippen molar-refractivity contribution in [1.29, 1.82) is 0 Å². The van der Waals surface area contributed by atoms with E-state index in [4.69, 9.17) is 9.47 Å². The van der Waals surface area contributed by atoms with Crippen molar-refractivity contribution in [2.75, 3.05) is 19.0 Å². The van der Waals surface area contributed by atoms with Crippen molar-refractivity contribution in [2.24, 2.45) is 0 Å². The smallest absolute Gasteiger partial charge is 0.269 e. The van der Waals surface area contributed by atoms with Crippen LogP contribution in [0.3, 0.4) is 0 Å². The van der Waals surface area contributed by atoms with Gasteiger partial charge in [0.2, 0.25) is 0 Å². The minimum Gasteiger partial charge on any atom is -0.493 e. The number of aryl methyl sites for hydroxylation is 1. The quantitative estimate of drug-likeness (QED) is 0.398. The van der Waals surface area contributed by atoms with Gasteiger partial charge >= 0.3 is 0 Å². The van der Waals surface area contributed by atoms with Crippen LogP contribution in [0.4, 0.5) is 11.5 Å².